The Morgan fingerprint density at radius 2 is 1.96 bits per heavy atom. The number of carboxylic acid groups (broad SMARTS) is 1. The average molecular weight is 401 g/mol. The summed E-state index contributed by atoms with van der Waals surface area (Å²) in [7, 11) is 0. The third-order valence-electron chi connectivity index (χ3n) is 3.70. The van der Waals surface area contributed by atoms with Crippen LogP contribution >= 0.6 is 11.3 Å². The first kappa shape index (κ1) is 20.8. The van der Waals surface area contributed by atoms with Crippen LogP contribution in [0, 0.1) is 6.92 Å². The molecule has 146 valence electrons. The lowest BCUT2D eigenvalue weighted by Gasteiger charge is -2.13. The molecule has 1 aromatic heterocycles. The molecule has 0 aliphatic heterocycles. The van der Waals surface area contributed by atoms with Crippen molar-refractivity contribution in [3.05, 3.63) is 64.4 Å². The second kappa shape index (κ2) is 9.47. The van der Waals surface area contributed by atoms with Crippen LogP contribution in [0.15, 0.2) is 48.4 Å². The van der Waals surface area contributed by atoms with Crippen LogP contribution in [0.5, 0.6) is 0 Å². The minimum Gasteiger partial charge on any atom is -0.479 e. The molecule has 0 aliphatic rings. The minimum atomic E-state index is -1.21. The zero-order valence-electron chi connectivity index (χ0n) is 15.0. The molecular weight excluding hydrogens is 382 g/mol. The van der Waals surface area contributed by atoms with E-state index in [9.17, 15) is 19.2 Å². The van der Waals surface area contributed by atoms with Gasteiger partial charge in [-0.15, -0.1) is 17.9 Å². The Balaban J connectivity index is 1.95. The highest BCUT2D eigenvalue weighted by Gasteiger charge is 2.18. The van der Waals surface area contributed by atoms with Crippen LogP contribution in [-0.2, 0) is 9.59 Å². The first-order valence-corrected chi connectivity index (χ1v) is 9.08. The summed E-state index contributed by atoms with van der Waals surface area (Å²) in [5.74, 6) is -2.52. The number of carboxylic acids is 1. The third-order valence-corrected chi connectivity index (χ3v) is 4.57. The van der Waals surface area contributed by atoms with Gasteiger partial charge in [0, 0.05) is 11.3 Å². The molecule has 0 fully saturated rings. The Bertz CT molecular complexity index is 908. The van der Waals surface area contributed by atoms with Gasteiger partial charge in [0.2, 0.25) is 5.91 Å². The van der Waals surface area contributed by atoms with Crippen molar-refractivity contribution in [1.82, 2.24) is 10.6 Å². The van der Waals surface area contributed by atoms with E-state index in [1.54, 1.807) is 30.5 Å². The molecule has 3 amide bonds. The van der Waals surface area contributed by atoms with Crippen molar-refractivity contribution < 1.29 is 24.3 Å². The second-order valence-electron chi connectivity index (χ2n) is 5.76. The van der Waals surface area contributed by atoms with E-state index in [4.69, 9.17) is 5.11 Å². The third kappa shape index (κ3) is 5.52. The Labute approximate surface area is 165 Å². The number of carbonyl (C=O) groups excluding carboxylic acids is 3. The smallest absolute Gasteiger partial charge is 0.330 e. The highest BCUT2D eigenvalue weighted by Crippen LogP contribution is 2.15. The van der Waals surface area contributed by atoms with Gasteiger partial charge in [-0.3, -0.25) is 14.4 Å². The van der Waals surface area contributed by atoms with Gasteiger partial charge in [-0.1, -0.05) is 12.1 Å². The summed E-state index contributed by atoms with van der Waals surface area (Å²) in [5.41, 5.74) is 1.27. The van der Waals surface area contributed by atoms with E-state index in [2.05, 4.69) is 22.5 Å². The number of amides is 3. The molecule has 1 unspecified atom stereocenters. The summed E-state index contributed by atoms with van der Waals surface area (Å²) in [4.78, 5) is 47.5. The Hall–Kier alpha value is -3.46. The van der Waals surface area contributed by atoms with Crippen LogP contribution in [-0.4, -0.2) is 41.4 Å². The van der Waals surface area contributed by atoms with Crippen molar-refractivity contribution >= 4 is 40.7 Å². The van der Waals surface area contributed by atoms with Gasteiger partial charge in [0.05, 0.1) is 11.4 Å². The fourth-order valence-corrected chi connectivity index (χ4v) is 2.94. The van der Waals surface area contributed by atoms with Gasteiger partial charge < -0.3 is 21.1 Å². The summed E-state index contributed by atoms with van der Waals surface area (Å²) < 4.78 is 0. The predicted octanol–water partition coefficient (Wildman–Crippen LogP) is 1.79. The number of nitrogens with one attached hydrogen (secondary N) is 3. The minimum absolute atomic E-state index is 0.197. The number of hydrogen-bond donors (Lipinski definition) is 4. The lowest BCUT2D eigenvalue weighted by Crippen LogP contribution is -2.39. The molecule has 1 aromatic carbocycles. The maximum absolute atomic E-state index is 12.2. The number of rotatable bonds is 8. The van der Waals surface area contributed by atoms with E-state index in [1.165, 1.54) is 23.5 Å². The van der Waals surface area contributed by atoms with Crippen LogP contribution in [0.2, 0.25) is 0 Å². The summed E-state index contributed by atoms with van der Waals surface area (Å²) in [6.45, 7) is 4.83. The van der Waals surface area contributed by atoms with Crippen molar-refractivity contribution in [3.8, 4) is 0 Å². The molecule has 9 heteroatoms. The molecule has 1 atom stereocenters. The SMILES string of the molecule is C=CC(NC(=O)c1ccc(NC(=O)CNC(=O)c2cccs2)cc1C)C(=O)O. The van der Waals surface area contributed by atoms with Gasteiger partial charge in [0.1, 0.15) is 6.04 Å². The zero-order chi connectivity index (χ0) is 20.7. The Morgan fingerprint density at radius 3 is 2.54 bits per heavy atom. The molecule has 2 aromatic rings. The van der Waals surface area contributed by atoms with Crippen molar-refractivity contribution in [2.45, 2.75) is 13.0 Å². The number of aryl methyl sites for hydroxylation is 1. The topological polar surface area (TPSA) is 125 Å². The first-order valence-electron chi connectivity index (χ1n) is 8.20. The number of benzene rings is 1. The summed E-state index contributed by atoms with van der Waals surface area (Å²) in [6, 6.07) is 6.78. The van der Waals surface area contributed by atoms with Gasteiger partial charge in [0.15, 0.2) is 0 Å². The quantitative estimate of drug-likeness (QED) is 0.502. The van der Waals surface area contributed by atoms with Gasteiger partial charge in [-0.05, 0) is 42.1 Å². The van der Waals surface area contributed by atoms with E-state index in [1.807, 2.05) is 0 Å². The van der Waals surface area contributed by atoms with Crippen molar-refractivity contribution in [2.75, 3.05) is 11.9 Å². The molecule has 1 heterocycles. The normalized spacial score (nSPS) is 11.2. The highest BCUT2D eigenvalue weighted by molar-refractivity contribution is 7.12. The van der Waals surface area contributed by atoms with Gasteiger partial charge in [0.25, 0.3) is 11.8 Å². The zero-order valence-corrected chi connectivity index (χ0v) is 15.8. The Kier molecular flexibility index (Phi) is 7.05. The number of aliphatic carboxylic acids is 1. The monoisotopic (exact) mass is 401 g/mol. The lowest BCUT2D eigenvalue weighted by atomic mass is 10.1. The summed E-state index contributed by atoms with van der Waals surface area (Å²) in [6.07, 6.45) is 1.12. The van der Waals surface area contributed by atoms with Gasteiger partial charge in [-0.25, -0.2) is 4.79 Å². The molecule has 4 N–H and O–H groups in total. The summed E-state index contributed by atoms with van der Waals surface area (Å²) >= 11 is 1.28. The number of carbonyl (C=O) groups is 4. The molecule has 0 spiro atoms. The maximum atomic E-state index is 12.2. The fourth-order valence-electron chi connectivity index (χ4n) is 2.30. The van der Waals surface area contributed by atoms with Crippen LogP contribution in [0.4, 0.5) is 5.69 Å². The van der Waals surface area contributed by atoms with Gasteiger partial charge in [-0.2, -0.15) is 0 Å². The van der Waals surface area contributed by atoms with Crippen LogP contribution in [0.25, 0.3) is 0 Å². The average Bonchev–Trinajstić information content (AvgIpc) is 3.18. The van der Waals surface area contributed by atoms with E-state index in [0.717, 1.165) is 6.08 Å². The molecule has 0 saturated carbocycles. The highest BCUT2D eigenvalue weighted by atomic mass is 32.1. The molecule has 0 saturated heterocycles. The maximum Gasteiger partial charge on any atom is 0.330 e. The van der Waals surface area contributed by atoms with E-state index in [0.29, 0.717) is 16.1 Å². The van der Waals surface area contributed by atoms with Crippen LogP contribution < -0.4 is 16.0 Å². The second-order valence-corrected chi connectivity index (χ2v) is 6.71. The fraction of sp³-hybridized carbons (Fsp3) is 0.158. The molecule has 0 bridgehead atoms. The standard InChI is InChI=1S/C19H19N3O5S/c1-3-14(19(26)27)22-17(24)13-7-6-12(9-11(13)2)21-16(23)10-20-18(25)15-5-4-8-28-15/h3-9,14H,1,10H2,2H3,(H,20,25)(H,21,23)(H,22,24)(H,26,27). The van der Waals surface area contributed by atoms with E-state index in [-0.39, 0.29) is 18.0 Å². The molecule has 8 nitrogen and oxygen atoms in total. The largest absolute Gasteiger partial charge is 0.479 e. The first-order chi connectivity index (χ1) is 13.3. The Morgan fingerprint density at radius 1 is 1.21 bits per heavy atom. The lowest BCUT2D eigenvalue weighted by molar-refractivity contribution is -0.137. The van der Waals surface area contributed by atoms with Gasteiger partial charge >= 0.3 is 5.97 Å². The molecule has 0 radical (unpaired) electrons. The number of anilines is 1. The number of thiophene rings is 1. The molecule has 28 heavy (non-hydrogen) atoms. The van der Waals surface area contributed by atoms with Crippen LogP contribution in [0.1, 0.15) is 25.6 Å². The van der Waals surface area contributed by atoms with Crippen molar-refractivity contribution in [2.24, 2.45) is 0 Å². The predicted molar refractivity (Wildman–Crippen MR) is 106 cm³/mol. The van der Waals surface area contributed by atoms with Crippen molar-refractivity contribution in [1.29, 1.82) is 0 Å². The molecule has 0 aliphatic carbocycles. The molecule has 2 rings (SSSR count). The van der Waals surface area contributed by atoms with E-state index >= 15 is 0 Å². The van der Waals surface area contributed by atoms with Crippen molar-refractivity contribution in [3.63, 3.8) is 0 Å². The van der Waals surface area contributed by atoms with Crippen LogP contribution in [0.3, 0.4) is 0 Å². The summed E-state index contributed by atoms with van der Waals surface area (Å²) in [5, 5.41) is 18.2. The van der Waals surface area contributed by atoms with E-state index < -0.39 is 23.8 Å². The number of hydrogen-bond acceptors (Lipinski definition) is 5. The molecular formula is C19H19N3O5S.